The van der Waals surface area contributed by atoms with Gasteiger partial charge >= 0.3 is 0 Å². The molecule has 2 saturated heterocycles. The number of hydrazone groups is 1. The van der Waals surface area contributed by atoms with E-state index in [9.17, 15) is 9.59 Å². The predicted molar refractivity (Wildman–Crippen MR) is 88.2 cm³/mol. The highest BCUT2D eigenvalue weighted by molar-refractivity contribution is 6.08. The van der Waals surface area contributed by atoms with E-state index < -0.39 is 11.8 Å². The summed E-state index contributed by atoms with van der Waals surface area (Å²) in [6.07, 6.45) is 4.77. The van der Waals surface area contributed by atoms with Crippen LogP contribution in [-0.4, -0.2) is 35.2 Å². The first-order chi connectivity index (χ1) is 11.7. The Morgan fingerprint density at radius 3 is 2.33 bits per heavy atom. The number of hydrogen-bond donors (Lipinski definition) is 0. The molecule has 0 aromatic heterocycles. The molecule has 3 aliphatic rings. The molecule has 2 bridgehead atoms. The van der Waals surface area contributed by atoms with Gasteiger partial charge in [-0.3, -0.25) is 9.59 Å². The van der Waals surface area contributed by atoms with E-state index in [0.29, 0.717) is 0 Å². The second kappa shape index (κ2) is 4.85. The van der Waals surface area contributed by atoms with Crippen LogP contribution in [-0.2, 0) is 14.3 Å². The average Bonchev–Trinajstić information content (AvgIpc) is 3.28. The minimum Gasteiger partial charge on any atom is -0.365 e. The number of hydrogen-bond acceptors (Lipinski definition) is 4. The van der Waals surface area contributed by atoms with Gasteiger partial charge < -0.3 is 4.74 Å². The molecule has 0 radical (unpaired) electrons. The molecule has 0 spiro atoms. The fourth-order valence-electron chi connectivity index (χ4n) is 3.88. The van der Waals surface area contributed by atoms with Crippen molar-refractivity contribution in [3.63, 3.8) is 0 Å². The minimum atomic E-state index is -0.419. The van der Waals surface area contributed by atoms with E-state index in [4.69, 9.17) is 4.74 Å². The lowest BCUT2D eigenvalue weighted by Crippen LogP contribution is -2.30. The summed E-state index contributed by atoms with van der Waals surface area (Å²) in [5, 5.41) is 7.36. The maximum absolute atomic E-state index is 12.5. The van der Waals surface area contributed by atoms with Crippen LogP contribution in [0.1, 0.15) is 5.56 Å². The van der Waals surface area contributed by atoms with E-state index in [1.165, 1.54) is 0 Å². The van der Waals surface area contributed by atoms with Gasteiger partial charge in [-0.15, -0.1) is 0 Å². The summed E-state index contributed by atoms with van der Waals surface area (Å²) in [6.45, 7) is 0. The van der Waals surface area contributed by atoms with Crippen LogP contribution in [0.2, 0.25) is 0 Å². The second-order valence-electron chi connectivity index (χ2n) is 6.30. The van der Waals surface area contributed by atoms with Crippen molar-refractivity contribution in [3.05, 3.63) is 60.2 Å². The highest BCUT2D eigenvalue weighted by Gasteiger charge is 2.61. The highest BCUT2D eigenvalue weighted by atomic mass is 16.5. The molecule has 0 N–H and O–H groups in total. The van der Waals surface area contributed by atoms with Crippen LogP contribution < -0.4 is 0 Å². The van der Waals surface area contributed by atoms with E-state index >= 15 is 0 Å². The number of ether oxygens (including phenoxy) is 1. The van der Waals surface area contributed by atoms with Crippen molar-refractivity contribution in [1.29, 1.82) is 0 Å². The van der Waals surface area contributed by atoms with Gasteiger partial charge in [0.25, 0.3) is 11.8 Å². The summed E-state index contributed by atoms with van der Waals surface area (Å²) in [4.78, 5) is 25.1. The molecule has 2 fully saturated rings. The normalized spacial score (nSPS) is 30.9. The van der Waals surface area contributed by atoms with Crippen molar-refractivity contribution in [3.8, 4) is 0 Å². The molecular formula is C19H14N2O3. The number of fused-ring (bicyclic) bond motifs is 6. The molecule has 24 heavy (non-hydrogen) atoms. The molecule has 2 aromatic carbocycles. The van der Waals surface area contributed by atoms with Crippen molar-refractivity contribution in [1.82, 2.24) is 5.01 Å². The SMILES string of the molecule is O=C1[C@@H]2[C@H](C(=O)N1/N=C/c1cccc3ccccc13)[C@@H]1C=C[C@@H]2O1. The Morgan fingerprint density at radius 2 is 1.58 bits per heavy atom. The molecule has 2 aromatic rings. The standard InChI is InChI=1S/C19H14N2O3/c22-18-16-14-8-9-15(24-14)17(16)19(23)21(18)20-10-12-6-3-5-11-4-1-2-7-13(11)12/h1-10,14-17H/b20-10+/t14-,15-,16-,17+/m0/s1. The number of imide groups is 1. The molecule has 3 heterocycles. The second-order valence-corrected chi connectivity index (χ2v) is 6.30. The van der Waals surface area contributed by atoms with E-state index in [-0.39, 0.29) is 24.0 Å². The molecule has 5 nitrogen and oxygen atoms in total. The monoisotopic (exact) mass is 318 g/mol. The summed E-state index contributed by atoms with van der Waals surface area (Å²) < 4.78 is 5.62. The van der Waals surface area contributed by atoms with Gasteiger partial charge in [0.1, 0.15) is 0 Å². The van der Waals surface area contributed by atoms with Crippen molar-refractivity contribution < 1.29 is 14.3 Å². The maximum atomic E-state index is 12.5. The number of nitrogens with zero attached hydrogens (tertiary/aromatic N) is 2. The smallest absolute Gasteiger partial charge is 0.256 e. The van der Waals surface area contributed by atoms with Gasteiger partial charge in [-0.1, -0.05) is 54.6 Å². The third-order valence-electron chi connectivity index (χ3n) is 5.02. The van der Waals surface area contributed by atoms with Gasteiger partial charge in [0.15, 0.2) is 0 Å². The van der Waals surface area contributed by atoms with Crippen LogP contribution in [0.25, 0.3) is 10.8 Å². The molecule has 5 rings (SSSR count). The van der Waals surface area contributed by atoms with Crippen molar-refractivity contribution in [2.45, 2.75) is 12.2 Å². The lowest BCUT2D eigenvalue weighted by atomic mass is 9.85. The number of rotatable bonds is 2. The molecule has 2 amide bonds. The van der Waals surface area contributed by atoms with Gasteiger partial charge in [0, 0.05) is 5.56 Å². The Bertz CT molecular complexity index is 898. The number of carbonyl (C=O) groups is 2. The maximum Gasteiger partial charge on any atom is 0.256 e. The zero-order valence-electron chi connectivity index (χ0n) is 12.7. The first-order valence-electron chi connectivity index (χ1n) is 7.97. The zero-order chi connectivity index (χ0) is 16.3. The predicted octanol–water partition coefficient (Wildman–Crippen LogP) is 2.11. The Morgan fingerprint density at radius 1 is 0.917 bits per heavy atom. The van der Waals surface area contributed by atoms with Gasteiger partial charge in [-0.05, 0) is 10.8 Å². The Hall–Kier alpha value is -2.79. The molecule has 5 heteroatoms. The van der Waals surface area contributed by atoms with Crippen LogP contribution in [0.5, 0.6) is 0 Å². The number of carbonyl (C=O) groups excluding carboxylic acids is 2. The quantitative estimate of drug-likeness (QED) is 0.484. The van der Waals surface area contributed by atoms with Crippen LogP contribution in [0.4, 0.5) is 0 Å². The van der Waals surface area contributed by atoms with E-state index in [0.717, 1.165) is 21.3 Å². The lowest BCUT2D eigenvalue weighted by Gasteiger charge is -2.11. The third-order valence-corrected chi connectivity index (χ3v) is 5.02. The molecule has 0 aliphatic carbocycles. The fraction of sp³-hybridized carbons (Fsp3) is 0.211. The van der Waals surface area contributed by atoms with Gasteiger partial charge in [-0.25, -0.2) is 0 Å². The summed E-state index contributed by atoms with van der Waals surface area (Å²) in [5.74, 6) is -1.37. The van der Waals surface area contributed by atoms with Crippen molar-refractivity contribution in [2.24, 2.45) is 16.9 Å². The first-order valence-corrected chi connectivity index (χ1v) is 7.97. The Kier molecular flexibility index (Phi) is 2.76. The van der Waals surface area contributed by atoms with E-state index in [1.54, 1.807) is 6.21 Å². The Labute approximate surface area is 138 Å². The first kappa shape index (κ1) is 13.6. The largest absolute Gasteiger partial charge is 0.365 e. The Balaban J connectivity index is 1.49. The summed E-state index contributed by atoms with van der Waals surface area (Å²) >= 11 is 0. The molecule has 4 atom stereocenters. The topological polar surface area (TPSA) is 59.0 Å². The van der Waals surface area contributed by atoms with Crippen LogP contribution in [0.3, 0.4) is 0 Å². The number of amides is 2. The van der Waals surface area contributed by atoms with Gasteiger partial charge in [-0.2, -0.15) is 10.1 Å². The summed E-state index contributed by atoms with van der Waals surface area (Å²) in [7, 11) is 0. The van der Waals surface area contributed by atoms with Crippen molar-refractivity contribution in [2.75, 3.05) is 0 Å². The molecule has 118 valence electrons. The minimum absolute atomic E-state index is 0.265. The highest BCUT2D eigenvalue weighted by Crippen LogP contribution is 2.45. The molecule has 0 saturated carbocycles. The van der Waals surface area contributed by atoms with Crippen LogP contribution in [0, 0.1) is 11.8 Å². The zero-order valence-corrected chi connectivity index (χ0v) is 12.7. The molecular weight excluding hydrogens is 304 g/mol. The van der Waals surface area contributed by atoms with Gasteiger partial charge in [0.2, 0.25) is 0 Å². The fourth-order valence-corrected chi connectivity index (χ4v) is 3.88. The molecule has 3 aliphatic heterocycles. The average molecular weight is 318 g/mol. The summed E-state index contributed by atoms with van der Waals surface area (Å²) in [5.41, 5.74) is 0.878. The van der Waals surface area contributed by atoms with Gasteiger partial charge in [0.05, 0.1) is 30.3 Å². The van der Waals surface area contributed by atoms with E-state index in [2.05, 4.69) is 5.10 Å². The van der Waals surface area contributed by atoms with Crippen LogP contribution >= 0.6 is 0 Å². The lowest BCUT2D eigenvalue weighted by molar-refractivity contribution is -0.142. The molecule has 0 unspecified atom stereocenters. The van der Waals surface area contributed by atoms with Crippen molar-refractivity contribution >= 4 is 28.8 Å². The summed E-state index contributed by atoms with van der Waals surface area (Å²) in [6, 6.07) is 13.8. The van der Waals surface area contributed by atoms with E-state index in [1.807, 2.05) is 54.6 Å². The third kappa shape index (κ3) is 1.76. The number of benzene rings is 2. The van der Waals surface area contributed by atoms with Crippen LogP contribution in [0.15, 0.2) is 59.7 Å².